The summed E-state index contributed by atoms with van der Waals surface area (Å²) in [4.78, 5) is 0. The van der Waals surface area contributed by atoms with E-state index in [4.69, 9.17) is 0 Å². The average Bonchev–Trinajstić information content (AvgIpc) is 2.40. The van der Waals surface area contributed by atoms with Crippen LogP contribution >= 0.6 is 23.5 Å². The van der Waals surface area contributed by atoms with Gasteiger partial charge in [0.1, 0.15) is 0 Å². The van der Waals surface area contributed by atoms with Crippen LogP contribution in [0.2, 0.25) is 0 Å². The Morgan fingerprint density at radius 3 is 2.59 bits per heavy atom. The summed E-state index contributed by atoms with van der Waals surface area (Å²) in [5.41, 5.74) is 2.80. The third-order valence-electron chi connectivity index (χ3n) is 2.66. The van der Waals surface area contributed by atoms with E-state index in [9.17, 15) is 0 Å². The van der Waals surface area contributed by atoms with Gasteiger partial charge in [-0.3, -0.25) is 0 Å². The number of hydrogen-bond donors (Lipinski definition) is 0. The summed E-state index contributed by atoms with van der Waals surface area (Å²) >= 11 is 4.15. The molecule has 0 aromatic heterocycles. The normalized spacial score (nSPS) is 18.0. The Balaban J connectivity index is 2.15. The zero-order chi connectivity index (χ0) is 11.9. The molecule has 0 aliphatic carbocycles. The van der Waals surface area contributed by atoms with Gasteiger partial charge in [0, 0.05) is 0 Å². The Morgan fingerprint density at radius 1 is 1.24 bits per heavy atom. The minimum Gasteiger partial charge on any atom is -0.143 e. The first-order valence-electron chi connectivity index (χ1n) is 6.00. The molecule has 1 aliphatic heterocycles. The predicted octanol–water partition coefficient (Wildman–Crippen LogP) is 4.84. The molecule has 0 nitrogen and oxygen atoms in total. The molecule has 1 aromatic carbocycles. The van der Waals surface area contributed by atoms with E-state index in [1.54, 1.807) is 0 Å². The molecule has 0 atom stereocenters. The van der Waals surface area contributed by atoms with Gasteiger partial charge >= 0.3 is 0 Å². The summed E-state index contributed by atoms with van der Waals surface area (Å²) in [5, 5.41) is 0. The molecule has 0 spiro atoms. The molecule has 0 bridgehead atoms. The largest absolute Gasteiger partial charge is 0.143 e. The zero-order valence-corrected chi connectivity index (χ0v) is 11.6. The van der Waals surface area contributed by atoms with E-state index in [0.717, 1.165) is 6.42 Å². The van der Waals surface area contributed by atoms with E-state index in [2.05, 4.69) is 66.5 Å². The third kappa shape index (κ3) is 3.97. The lowest BCUT2D eigenvalue weighted by Crippen LogP contribution is -2.09. The Hall–Kier alpha value is -0.600. The van der Waals surface area contributed by atoms with Crippen LogP contribution in [0.1, 0.15) is 18.4 Å². The van der Waals surface area contributed by atoms with Crippen LogP contribution in [0.3, 0.4) is 0 Å². The number of rotatable bonds is 4. The Bertz CT molecular complexity index is 375. The minimum atomic E-state index is 0.627. The van der Waals surface area contributed by atoms with E-state index in [1.807, 2.05) is 6.08 Å². The molecule has 2 heteroatoms. The van der Waals surface area contributed by atoms with Gasteiger partial charge in [-0.15, -0.1) is 30.1 Å². The maximum atomic E-state index is 3.88. The summed E-state index contributed by atoms with van der Waals surface area (Å²) in [7, 11) is 0. The van der Waals surface area contributed by atoms with Crippen molar-refractivity contribution in [3.05, 3.63) is 54.1 Å². The first-order chi connectivity index (χ1) is 8.40. The molecule has 90 valence electrons. The molecule has 1 aromatic rings. The third-order valence-corrected chi connectivity index (χ3v) is 5.74. The SMILES string of the molecule is C=CC/C(=C/c1ccccc1)C1SCCCS1. The molecule has 0 radical (unpaired) electrons. The molecule has 0 N–H and O–H groups in total. The zero-order valence-electron chi connectivity index (χ0n) is 9.97. The van der Waals surface area contributed by atoms with Crippen molar-refractivity contribution in [3.8, 4) is 0 Å². The summed E-state index contributed by atoms with van der Waals surface area (Å²) in [6, 6.07) is 10.6. The van der Waals surface area contributed by atoms with Crippen molar-refractivity contribution in [2.24, 2.45) is 0 Å². The number of hydrogen-bond acceptors (Lipinski definition) is 2. The van der Waals surface area contributed by atoms with Gasteiger partial charge in [0.15, 0.2) is 0 Å². The lowest BCUT2D eigenvalue weighted by Gasteiger charge is -2.23. The lowest BCUT2D eigenvalue weighted by molar-refractivity contribution is 1.09. The van der Waals surface area contributed by atoms with Gasteiger partial charge in [0.2, 0.25) is 0 Å². The van der Waals surface area contributed by atoms with Crippen LogP contribution in [0.25, 0.3) is 6.08 Å². The van der Waals surface area contributed by atoms with Crippen LogP contribution in [0.5, 0.6) is 0 Å². The van der Waals surface area contributed by atoms with Crippen molar-refractivity contribution in [2.45, 2.75) is 17.4 Å². The van der Waals surface area contributed by atoms with Gasteiger partial charge in [-0.1, -0.05) is 42.5 Å². The molecule has 1 aliphatic rings. The summed E-state index contributed by atoms with van der Waals surface area (Å²) in [5.74, 6) is 2.59. The Kier molecular flexibility index (Phi) is 5.27. The molecular weight excluding hydrogens is 244 g/mol. The standard InChI is InChI=1S/C15H18S2/c1-2-7-14(15-16-10-6-11-17-15)12-13-8-4-3-5-9-13/h2-5,8-9,12,15H,1,6-7,10-11H2/b14-12-. The van der Waals surface area contributed by atoms with Crippen molar-refractivity contribution in [1.82, 2.24) is 0 Å². The van der Waals surface area contributed by atoms with Crippen LogP contribution in [0, 0.1) is 0 Å². The lowest BCUT2D eigenvalue weighted by atomic mass is 10.1. The second kappa shape index (κ2) is 6.97. The van der Waals surface area contributed by atoms with Crippen molar-refractivity contribution < 1.29 is 0 Å². The molecule has 1 heterocycles. The summed E-state index contributed by atoms with van der Waals surface area (Å²) in [6.45, 7) is 3.88. The monoisotopic (exact) mass is 262 g/mol. The summed E-state index contributed by atoms with van der Waals surface area (Å²) < 4.78 is 0.627. The van der Waals surface area contributed by atoms with E-state index in [-0.39, 0.29) is 0 Å². The van der Waals surface area contributed by atoms with Gasteiger partial charge in [-0.2, -0.15) is 0 Å². The molecule has 0 saturated carbocycles. The van der Waals surface area contributed by atoms with Crippen LogP contribution in [0.4, 0.5) is 0 Å². The van der Waals surface area contributed by atoms with Crippen molar-refractivity contribution in [2.75, 3.05) is 11.5 Å². The van der Waals surface area contributed by atoms with Crippen molar-refractivity contribution >= 4 is 29.6 Å². The highest BCUT2D eigenvalue weighted by Crippen LogP contribution is 2.37. The van der Waals surface area contributed by atoms with Crippen molar-refractivity contribution in [3.63, 3.8) is 0 Å². The first-order valence-corrected chi connectivity index (χ1v) is 8.09. The van der Waals surface area contributed by atoms with Gasteiger partial charge in [-0.25, -0.2) is 0 Å². The highest BCUT2D eigenvalue weighted by Gasteiger charge is 2.17. The molecular formula is C15H18S2. The minimum absolute atomic E-state index is 0.627. The van der Waals surface area contributed by atoms with E-state index < -0.39 is 0 Å². The molecule has 1 fully saturated rings. The predicted molar refractivity (Wildman–Crippen MR) is 82.6 cm³/mol. The maximum Gasteiger partial charge on any atom is 0.0717 e. The quantitative estimate of drug-likeness (QED) is 0.712. The van der Waals surface area contributed by atoms with E-state index >= 15 is 0 Å². The van der Waals surface area contributed by atoms with Crippen molar-refractivity contribution in [1.29, 1.82) is 0 Å². The number of thioether (sulfide) groups is 2. The van der Waals surface area contributed by atoms with Gasteiger partial charge in [0.05, 0.1) is 4.58 Å². The average molecular weight is 262 g/mol. The van der Waals surface area contributed by atoms with E-state index in [1.165, 1.54) is 29.1 Å². The van der Waals surface area contributed by atoms with E-state index in [0.29, 0.717) is 4.58 Å². The fourth-order valence-electron chi connectivity index (χ4n) is 1.86. The molecule has 17 heavy (non-hydrogen) atoms. The topological polar surface area (TPSA) is 0 Å². The molecule has 0 amide bonds. The Morgan fingerprint density at radius 2 is 1.94 bits per heavy atom. The van der Waals surface area contributed by atoms with Crippen LogP contribution in [-0.4, -0.2) is 16.1 Å². The second-order valence-electron chi connectivity index (χ2n) is 4.05. The number of allylic oxidation sites excluding steroid dienone is 1. The maximum absolute atomic E-state index is 3.88. The van der Waals surface area contributed by atoms with Crippen LogP contribution in [-0.2, 0) is 0 Å². The Labute approximate surface area is 113 Å². The smallest absolute Gasteiger partial charge is 0.0717 e. The second-order valence-corrected chi connectivity index (χ2v) is 6.77. The highest BCUT2D eigenvalue weighted by atomic mass is 32.2. The highest BCUT2D eigenvalue weighted by molar-refractivity contribution is 8.17. The summed E-state index contributed by atoms with van der Waals surface area (Å²) in [6.07, 6.45) is 6.69. The fraction of sp³-hybridized carbons (Fsp3) is 0.333. The number of benzene rings is 1. The van der Waals surface area contributed by atoms with Gasteiger partial charge in [-0.05, 0) is 35.5 Å². The molecule has 1 saturated heterocycles. The molecule has 2 rings (SSSR count). The fourth-order valence-corrected chi connectivity index (χ4v) is 4.81. The van der Waals surface area contributed by atoms with Crippen LogP contribution in [0.15, 0.2) is 48.6 Å². The van der Waals surface area contributed by atoms with Gasteiger partial charge in [0.25, 0.3) is 0 Å². The first kappa shape index (κ1) is 12.8. The molecule has 0 unspecified atom stereocenters. The van der Waals surface area contributed by atoms with Gasteiger partial charge < -0.3 is 0 Å². The van der Waals surface area contributed by atoms with Crippen LogP contribution < -0.4 is 0 Å².